The first-order chi connectivity index (χ1) is 9.85. The van der Waals surface area contributed by atoms with Crippen LogP contribution in [0, 0.1) is 11.8 Å². The van der Waals surface area contributed by atoms with Crippen molar-refractivity contribution in [1.82, 2.24) is 4.90 Å². The van der Waals surface area contributed by atoms with Crippen molar-refractivity contribution in [2.45, 2.75) is 53.1 Å². The van der Waals surface area contributed by atoms with E-state index in [9.17, 15) is 0 Å². The number of hydrogen-bond acceptors (Lipinski definition) is 2. The third-order valence-corrected chi connectivity index (χ3v) is 3.89. The van der Waals surface area contributed by atoms with Gasteiger partial charge in [0, 0.05) is 30.2 Å². The van der Waals surface area contributed by atoms with Crippen LogP contribution in [-0.4, -0.2) is 24.0 Å². The molecule has 2 nitrogen and oxygen atoms in total. The van der Waals surface area contributed by atoms with Crippen LogP contribution in [-0.2, 0) is 0 Å². The summed E-state index contributed by atoms with van der Waals surface area (Å²) >= 11 is 6.19. The van der Waals surface area contributed by atoms with Gasteiger partial charge in [0.15, 0.2) is 0 Å². The van der Waals surface area contributed by atoms with Crippen molar-refractivity contribution in [3.05, 3.63) is 34.9 Å². The van der Waals surface area contributed by atoms with Gasteiger partial charge in [0.1, 0.15) is 0 Å². The molecule has 1 aromatic rings. The molecular weight excluding hydrogens is 280 g/mol. The zero-order valence-electron chi connectivity index (χ0n) is 14.1. The zero-order chi connectivity index (χ0) is 16.0. The number of rotatable bonds is 8. The molecule has 0 spiro atoms. The fraction of sp³-hybridized carbons (Fsp3) is 0.667. The Morgan fingerprint density at radius 2 is 1.67 bits per heavy atom. The van der Waals surface area contributed by atoms with E-state index in [4.69, 9.17) is 17.3 Å². The fourth-order valence-corrected chi connectivity index (χ4v) is 3.08. The maximum Gasteiger partial charge on any atom is 0.0499 e. The number of halogens is 1. The van der Waals surface area contributed by atoms with E-state index in [-0.39, 0.29) is 12.1 Å². The molecule has 0 amide bonds. The van der Waals surface area contributed by atoms with E-state index in [2.05, 4.69) is 51.7 Å². The van der Waals surface area contributed by atoms with Crippen LogP contribution in [0.15, 0.2) is 24.3 Å². The second-order valence-corrected chi connectivity index (χ2v) is 7.25. The Hall–Kier alpha value is -0.570. The maximum atomic E-state index is 6.47. The van der Waals surface area contributed by atoms with Gasteiger partial charge in [0.2, 0.25) is 0 Å². The molecule has 0 heterocycles. The van der Waals surface area contributed by atoms with Crippen LogP contribution in [0.2, 0.25) is 5.02 Å². The van der Waals surface area contributed by atoms with Gasteiger partial charge in [-0.2, -0.15) is 0 Å². The lowest BCUT2D eigenvalue weighted by molar-refractivity contribution is 0.134. The number of nitrogens with two attached hydrogens (primary N) is 1. The van der Waals surface area contributed by atoms with Crippen molar-refractivity contribution < 1.29 is 0 Å². The third kappa shape index (κ3) is 5.98. The maximum absolute atomic E-state index is 6.47. The van der Waals surface area contributed by atoms with Gasteiger partial charge in [-0.25, -0.2) is 0 Å². The second kappa shape index (κ2) is 8.77. The van der Waals surface area contributed by atoms with Gasteiger partial charge in [-0.05, 0) is 36.0 Å². The molecule has 2 N–H and O–H groups in total. The molecule has 2 atom stereocenters. The van der Waals surface area contributed by atoms with Gasteiger partial charge in [-0.15, -0.1) is 0 Å². The topological polar surface area (TPSA) is 29.3 Å². The summed E-state index contributed by atoms with van der Waals surface area (Å²) in [5, 5.41) is 0.787. The molecule has 0 saturated carbocycles. The van der Waals surface area contributed by atoms with E-state index in [0.29, 0.717) is 11.8 Å². The summed E-state index contributed by atoms with van der Waals surface area (Å²) in [5.74, 6) is 1.24. The first-order valence-electron chi connectivity index (χ1n) is 8.10. The summed E-state index contributed by atoms with van der Waals surface area (Å²) in [6.45, 7) is 13.3. The highest BCUT2D eigenvalue weighted by molar-refractivity contribution is 6.30. The summed E-state index contributed by atoms with van der Waals surface area (Å²) in [5.41, 5.74) is 7.70. The Kier molecular flexibility index (Phi) is 7.72. The highest BCUT2D eigenvalue weighted by atomic mass is 35.5. The van der Waals surface area contributed by atoms with Crippen molar-refractivity contribution >= 4 is 11.6 Å². The largest absolute Gasteiger partial charge is 0.326 e. The molecule has 0 aliphatic carbocycles. The van der Waals surface area contributed by atoms with E-state index in [0.717, 1.165) is 24.5 Å². The molecule has 2 unspecified atom stereocenters. The molecule has 1 rings (SSSR count). The minimum absolute atomic E-state index is 0.126. The molecule has 1 aromatic carbocycles. The molecule has 0 saturated heterocycles. The number of benzene rings is 1. The predicted octanol–water partition coefficient (Wildman–Crippen LogP) is 4.73. The smallest absolute Gasteiger partial charge is 0.0499 e. The fourth-order valence-electron chi connectivity index (χ4n) is 2.88. The van der Waals surface area contributed by atoms with Crippen molar-refractivity contribution in [2.24, 2.45) is 17.6 Å². The first kappa shape index (κ1) is 18.5. The molecule has 120 valence electrons. The number of hydrogen-bond donors (Lipinski definition) is 1. The average Bonchev–Trinajstić information content (AvgIpc) is 2.37. The lowest BCUT2D eigenvalue weighted by Gasteiger charge is -2.38. The molecular formula is C18H31ClN2. The standard InChI is InChI=1S/C18H31ClN2/c1-6-17(20)18(15-8-7-9-16(19)10-15)21(11-13(2)3)12-14(4)5/h7-10,13-14,17-18H,6,11-12,20H2,1-5H3. The Bertz CT molecular complexity index is 407. The third-order valence-electron chi connectivity index (χ3n) is 3.66. The second-order valence-electron chi connectivity index (χ2n) is 6.81. The minimum atomic E-state index is 0.126. The van der Waals surface area contributed by atoms with Gasteiger partial charge in [-0.1, -0.05) is 58.4 Å². The van der Waals surface area contributed by atoms with Crippen LogP contribution in [0.1, 0.15) is 52.6 Å². The van der Waals surface area contributed by atoms with Crippen molar-refractivity contribution in [3.63, 3.8) is 0 Å². The van der Waals surface area contributed by atoms with Gasteiger partial charge < -0.3 is 5.73 Å². The van der Waals surface area contributed by atoms with Crippen molar-refractivity contribution in [1.29, 1.82) is 0 Å². The normalized spacial score (nSPS) is 15.0. The van der Waals surface area contributed by atoms with Crippen molar-refractivity contribution in [3.8, 4) is 0 Å². The summed E-state index contributed by atoms with van der Waals surface area (Å²) in [7, 11) is 0. The first-order valence-corrected chi connectivity index (χ1v) is 8.48. The van der Waals surface area contributed by atoms with Crippen LogP contribution < -0.4 is 5.73 Å². The Morgan fingerprint density at radius 1 is 1.10 bits per heavy atom. The van der Waals surface area contributed by atoms with Gasteiger partial charge in [-0.3, -0.25) is 4.90 Å². The molecule has 0 aliphatic heterocycles. The summed E-state index contributed by atoms with van der Waals surface area (Å²) in [6.07, 6.45) is 0.962. The van der Waals surface area contributed by atoms with E-state index in [1.54, 1.807) is 0 Å². The molecule has 0 fully saturated rings. The highest BCUT2D eigenvalue weighted by Crippen LogP contribution is 2.28. The van der Waals surface area contributed by atoms with Crippen LogP contribution >= 0.6 is 11.6 Å². The zero-order valence-corrected chi connectivity index (χ0v) is 14.9. The molecule has 0 aromatic heterocycles. The molecule has 0 aliphatic rings. The quantitative estimate of drug-likeness (QED) is 0.752. The van der Waals surface area contributed by atoms with Crippen LogP contribution in [0.25, 0.3) is 0 Å². The Labute approximate surface area is 135 Å². The molecule has 21 heavy (non-hydrogen) atoms. The molecule has 0 bridgehead atoms. The van der Waals surface area contributed by atoms with Crippen molar-refractivity contribution in [2.75, 3.05) is 13.1 Å². The average molecular weight is 311 g/mol. The van der Waals surface area contributed by atoms with Gasteiger partial charge in [0.05, 0.1) is 0 Å². The minimum Gasteiger partial charge on any atom is -0.326 e. The Balaban J connectivity index is 3.12. The lowest BCUT2D eigenvalue weighted by atomic mass is 9.94. The monoisotopic (exact) mass is 310 g/mol. The number of nitrogens with zero attached hydrogens (tertiary/aromatic N) is 1. The van der Waals surface area contributed by atoms with E-state index in [1.165, 1.54) is 5.56 Å². The summed E-state index contributed by atoms with van der Waals surface area (Å²) in [6, 6.07) is 8.53. The van der Waals surface area contributed by atoms with E-state index >= 15 is 0 Å². The summed E-state index contributed by atoms with van der Waals surface area (Å²) < 4.78 is 0. The molecule has 3 heteroatoms. The van der Waals surface area contributed by atoms with Crippen LogP contribution in [0.5, 0.6) is 0 Å². The van der Waals surface area contributed by atoms with Gasteiger partial charge in [0.25, 0.3) is 0 Å². The summed E-state index contributed by atoms with van der Waals surface area (Å²) in [4.78, 5) is 2.54. The van der Waals surface area contributed by atoms with Crippen LogP contribution in [0.4, 0.5) is 0 Å². The Morgan fingerprint density at radius 3 is 2.10 bits per heavy atom. The van der Waals surface area contributed by atoms with Gasteiger partial charge >= 0.3 is 0 Å². The van der Waals surface area contributed by atoms with E-state index in [1.807, 2.05) is 12.1 Å². The highest BCUT2D eigenvalue weighted by Gasteiger charge is 2.26. The lowest BCUT2D eigenvalue weighted by Crippen LogP contribution is -2.44. The SMILES string of the molecule is CCC(N)C(c1cccc(Cl)c1)N(CC(C)C)CC(C)C. The van der Waals surface area contributed by atoms with E-state index < -0.39 is 0 Å². The predicted molar refractivity (Wildman–Crippen MR) is 93.7 cm³/mol. The van der Waals surface area contributed by atoms with Crippen LogP contribution in [0.3, 0.4) is 0 Å². The molecule has 0 radical (unpaired) electrons.